The molecule has 3 rings (SSSR count). The number of amides is 1. The average molecular weight is 302 g/mol. The SMILES string of the molecule is CCOc1ncnc2c1CCN(C(=O)c1cnoc1C)CC2. The van der Waals surface area contributed by atoms with Gasteiger partial charge in [0.1, 0.15) is 17.7 Å². The Labute approximate surface area is 128 Å². The molecule has 116 valence electrons. The number of carbonyl (C=O) groups excluding carboxylic acids is 1. The maximum absolute atomic E-state index is 12.6. The summed E-state index contributed by atoms with van der Waals surface area (Å²) in [6.45, 7) is 5.44. The lowest BCUT2D eigenvalue weighted by atomic mass is 10.1. The number of hydrogen-bond acceptors (Lipinski definition) is 6. The fraction of sp³-hybridized carbons (Fsp3) is 0.467. The molecule has 0 radical (unpaired) electrons. The molecule has 0 fully saturated rings. The van der Waals surface area contributed by atoms with E-state index in [1.54, 1.807) is 11.8 Å². The van der Waals surface area contributed by atoms with Crippen molar-refractivity contribution >= 4 is 5.91 Å². The van der Waals surface area contributed by atoms with Crippen LogP contribution >= 0.6 is 0 Å². The minimum absolute atomic E-state index is 0.0579. The van der Waals surface area contributed by atoms with Crippen LogP contribution < -0.4 is 4.74 Å². The van der Waals surface area contributed by atoms with Crippen LogP contribution in [0.1, 0.15) is 34.3 Å². The number of ether oxygens (including phenoxy) is 1. The maximum Gasteiger partial charge on any atom is 0.259 e. The average Bonchev–Trinajstić information content (AvgIpc) is 2.82. The van der Waals surface area contributed by atoms with Crippen molar-refractivity contribution in [2.75, 3.05) is 19.7 Å². The second-order valence-electron chi connectivity index (χ2n) is 5.12. The molecule has 0 aromatic carbocycles. The molecule has 2 aromatic rings. The van der Waals surface area contributed by atoms with E-state index in [-0.39, 0.29) is 5.91 Å². The van der Waals surface area contributed by atoms with Crippen LogP contribution in [0.5, 0.6) is 5.88 Å². The predicted molar refractivity (Wildman–Crippen MR) is 77.8 cm³/mol. The lowest BCUT2D eigenvalue weighted by molar-refractivity contribution is 0.0761. The van der Waals surface area contributed by atoms with Gasteiger partial charge in [-0.25, -0.2) is 9.97 Å². The topological polar surface area (TPSA) is 81.4 Å². The van der Waals surface area contributed by atoms with Crippen molar-refractivity contribution in [2.24, 2.45) is 0 Å². The molecule has 0 saturated heterocycles. The fourth-order valence-electron chi connectivity index (χ4n) is 2.63. The molecule has 7 nitrogen and oxygen atoms in total. The third-order valence-corrected chi connectivity index (χ3v) is 3.79. The molecule has 0 unspecified atom stereocenters. The summed E-state index contributed by atoms with van der Waals surface area (Å²) < 4.78 is 10.5. The van der Waals surface area contributed by atoms with E-state index in [4.69, 9.17) is 9.26 Å². The second-order valence-corrected chi connectivity index (χ2v) is 5.12. The summed E-state index contributed by atoms with van der Waals surface area (Å²) in [5, 5.41) is 3.67. The van der Waals surface area contributed by atoms with E-state index < -0.39 is 0 Å². The second kappa shape index (κ2) is 6.13. The normalized spacial score (nSPS) is 14.4. The highest BCUT2D eigenvalue weighted by atomic mass is 16.5. The van der Waals surface area contributed by atoms with E-state index >= 15 is 0 Å². The minimum atomic E-state index is -0.0579. The standard InChI is InChI=1S/C15H18N4O3/c1-3-21-14-11-4-6-19(7-5-13(11)16-9-17-14)15(20)12-8-18-22-10(12)2/h8-9H,3-7H2,1-2H3. The third kappa shape index (κ3) is 2.66. The predicted octanol–water partition coefficient (Wildman–Crippen LogP) is 1.41. The number of nitrogens with zero attached hydrogens (tertiary/aromatic N) is 4. The van der Waals surface area contributed by atoms with Crippen LogP contribution in [0, 0.1) is 6.92 Å². The highest BCUT2D eigenvalue weighted by Gasteiger charge is 2.25. The van der Waals surface area contributed by atoms with Gasteiger partial charge in [0.05, 0.1) is 18.5 Å². The van der Waals surface area contributed by atoms with Gasteiger partial charge < -0.3 is 14.2 Å². The third-order valence-electron chi connectivity index (χ3n) is 3.79. The van der Waals surface area contributed by atoms with Crippen molar-refractivity contribution in [1.82, 2.24) is 20.0 Å². The van der Waals surface area contributed by atoms with Crippen molar-refractivity contribution in [3.63, 3.8) is 0 Å². The minimum Gasteiger partial charge on any atom is -0.478 e. The van der Waals surface area contributed by atoms with Crippen molar-refractivity contribution in [3.8, 4) is 5.88 Å². The lowest BCUT2D eigenvalue weighted by Gasteiger charge is -2.19. The van der Waals surface area contributed by atoms with Gasteiger partial charge in [0.25, 0.3) is 5.91 Å². The quantitative estimate of drug-likeness (QED) is 0.852. The van der Waals surface area contributed by atoms with Gasteiger partial charge in [-0.05, 0) is 20.3 Å². The molecule has 1 aliphatic rings. The Morgan fingerprint density at radius 3 is 2.91 bits per heavy atom. The molecule has 0 aliphatic carbocycles. The van der Waals surface area contributed by atoms with Gasteiger partial charge in [-0.1, -0.05) is 5.16 Å². The van der Waals surface area contributed by atoms with Crippen molar-refractivity contribution in [3.05, 3.63) is 35.1 Å². The van der Waals surface area contributed by atoms with Gasteiger partial charge in [-0.3, -0.25) is 4.79 Å². The van der Waals surface area contributed by atoms with Gasteiger partial charge in [-0.15, -0.1) is 0 Å². The Bertz CT molecular complexity index is 683. The summed E-state index contributed by atoms with van der Waals surface area (Å²) in [5.41, 5.74) is 2.47. The fourth-order valence-corrected chi connectivity index (χ4v) is 2.63. The van der Waals surface area contributed by atoms with Gasteiger partial charge in [0, 0.05) is 25.1 Å². The number of fused-ring (bicyclic) bond motifs is 1. The molecule has 0 atom stereocenters. The number of hydrogen-bond donors (Lipinski definition) is 0. The van der Waals surface area contributed by atoms with Crippen molar-refractivity contribution in [1.29, 1.82) is 0 Å². The smallest absolute Gasteiger partial charge is 0.259 e. The Morgan fingerprint density at radius 2 is 2.18 bits per heavy atom. The Hall–Kier alpha value is -2.44. The molecule has 0 bridgehead atoms. The van der Waals surface area contributed by atoms with E-state index in [9.17, 15) is 4.79 Å². The van der Waals surface area contributed by atoms with Crippen LogP contribution in [0.25, 0.3) is 0 Å². The first-order valence-corrected chi connectivity index (χ1v) is 7.36. The van der Waals surface area contributed by atoms with Gasteiger partial charge in [0.15, 0.2) is 0 Å². The first-order valence-electron chi connectivity index (χ1n) is 7.36. The summed E-state index contributed by atoms with van der Waals surface area (Å²) >= 11 is 0. The monoisotopic (exact) mass is 302 g/mol. The summed E-state index contributed by atoms with van der Waals surface area (Å²) in [5.74, 6) is 1.11. The largest absolute Gasteiger partial charge is 0.478 e. The molecule has 22 heavy (non-hydrogen) atoms. The number of aromatic nitrogens is 3. The van der Waals surface area contributed by atoms with E-state index in [0.29, 0.717) is 49.7 Å². The van der Waals surface area contributed by atoms with Crippen LogP contribution in [0.2, 0.25) is 0 Å². The molecule has 0 saturated carbocycles. The van der Waals surface area contributed by atoms with Crippen molar-refractivity contribution < 1.29 is 14.1 Å². The number of aryl methyl sites for hydroxylation is 1. The summed E-state index contributed by atoms with van der Waals surface area (Å²) in [6, 6.07) is 0. The first-order chi connectivity index (χ1) is 10.7. The molecule has 1 aliphatic heterocycles. The Morgan fingerprint density at radius 1 is 1.36 bits per heavy atom. The van der Waals surface area contributed by atoms with Gasteiger partial charge in [0.2, 0.25) is 5.88 Å². The van der Waals surface area contributed by atoms with Crippen LogP contribution in [-0.2, 0) is 12.8 Å². The highest BCUT2D eigenvalue weighted by Crippen LogP contribution is 2.23. The molecule has 7 heteroatoms. The first kappa shape index (κ1) is 14.5. The number of carbonyl (C=O) groups is 1. The van der Waals surface area contributed by atoms with E-state index in [2.05, 4.69) is 15.1 Å². The van der Waals surface area contributed by atoms with Crippen molar-refractivity contribution in [2.45, 2.75) is 26.7 Å². The molecular formula is C15H18N4O3. The number of rotatable bonds is 3. The Balaban J connectivity index is 1.80. The molecule has 2 aromatic heterocycles. The van der Waals surface area contributed by atoms with Crippen LogP contribution in [0.3, 0.4) is 0 Å². The van der Waals surface area contributed by atoms with Gasteiger partial charge in [-0.2, -0.15) is 0 Å². The summed E-state index contributed by atoms with van der Waals surface area (Å²) in [4.78, 5) is 22.9. The van der Waals surface area contributed by atoms with Crippen LogP contribution in [0.4, 0.5) is 0 Å². The lowest BCUT2D eigenvalue weighted by Crippen LogP contribution is -2.33. The molecule has 0 spiro atoms. The molecule has 1 amide bonds. The van der Waals surface area contributed by atoms with E-state index in [1.807, 2.05) is 6.92 Å². The summed E-state index contributed by atoms with van der Waals surface area (Å²) in [7, 11) is 0. The molecule has 3 heterocycles. The summed E-state index contributed by atoms with van der Waals surface area (Å²) in [6.07, 6.45) is 4.36. The zero-order valence-electron chi connectivity index (χ0n) is 12.7. The Kier molecular flexibility index (Phi) is 4.04. The zero-order chi connectivity index (χ0) is 15.5. The zero-order valence-corrected chi connectivity index (χ0v) is 12.7. The maximum atomic E-state index is 12.6. The van der Waals surface area contributed by atoms with E-state index in [1.165, 1.54) is 12.5 Å². The molecule has 0 N–H and O–H groups in total. The van der Waals surface area contributed by atoms with Crippen LogP contribution in [0.15, 0.2) is 17.0 Å². The van der Waals surface area contributed by atoms with Crippen LogP contribution in [-0.4, -0.2) is 45.6 Å². The molecular weight excluding hydrogens is 284 g/mol. The van der Waals surface area contributed by atoms with Gasteiger partial charge >= 0.3 is 0 Å². The van der Waals surface area contributed by atoms with E-state index in [0.717, 1.165) is 11.3 Å². The highest BCUT2D eigenvalue weighted by molar-refractivity contribution is 5.94.